The van der Waals surface area contributed by atoms with E-state index in [-0.39, 0.29) is 18.7 Å². The molecule has 2 aliphatic rings. The summed E-state index contributed by atoms with van der Waals surface area (Å²) in [6.07, 6.45) is 4.72. The number of nitrogens with zero attached hydrogens (tertiary/aromatic N) is 2. The highest BCUT2D eigenvalue weighted by Crippen LogP contribution is 2.34. The summed E-state index contributed by atoms with van der Waals surface area (Å²) in [5.41, 5.74) is 3.93. The molecule has 7 heteroatoms. The third-order valence-corrected chi connectivity index (χ3v) is 5.66. The second-order valence-corrected chi connectivity index (χ2v) is 7.76. The van der Waals surface area contributed by atoms with Gasteiger partial charge in [0.1, 0.15) is 0 Å². The second-order valence-electron chi connectivity index (χ2n) is 7.32. The van der Waals surface area contributed by atoms with Crippen LogP contribution in [0.15, 0.2) is 48.7 Å². The number of aromatic nitrogens is 2. The molecule has 2 heterocycles. The maximum absolute atomic E-state index is 12.8. The van der Waals surface area contributed by atoms with Crippen LogP contribution in [0.5, 0.6) is 11.5 Å². The number of rotatable bonds is 4. The van der Waals surface area contributed by atoms with Crippen LogP contribution in [0.25, 0.3) is 0 Å². The van der Waals surface area contributed by atoms with Crippen molar-refractivity contribution in [1.29, 1.82) is 0 Å². The van der Waals surface area contributed by atoms with Crippen molar-refractivity contribution in [2.75, 3.05) is 6.79 Å². The quantitative estimate of drug-likeness (QED) is 0.704. The van der Waals surface area contributed by atoms with Crippen molar-refractivity contribution in [1.82, 2.24) is 15.1 Å². The Hall–Kier alpha value is -2.99. The Bertz CT molecular complexity index is 1080. The van der Waals surface area contributed by atoms with E-state index in [2.05, 4.69) is 10.4 Å². The van der Waals surface area contributed by atoms with Crippen molar-refractivity contribution in [3.05, 3.63) is 76.1 Å². The van der Waals surface area contributed by atoms with Crippen LogP contribution in [0.2, 0.25) is 5.02 Å². The highest BCUT2D eigenvalue weighted by atomic mass is 35.5. The molecule has 1 aliphatic carbocycles. The molecule has 1 amide bonds. The molecule has 3 aromatic rings. The van der Waals surface area contributed by atoms with Gasteiger partial charge in [0.2, 0.25) is 6.79 Å². The Morgan fingerprint density at radius 3 is 3.00 bits per heavy atom. The van der Waals surface area contributed by atoms with Gasteiger partial charge >= 0.3 is 0 Å². The number of nitrogens with one attached hydrogen (secondary N) is 1. The SMILES string of the molecule is O=C(NC1CCCc2c1cnn2Cc1cccc(Cl)c1)c1ccc2c(c1)OCO2. The van der Waals surface area contributed by atoms with Crippen LogP contribution in [0.3, 0.4) is 0 Å². The van der Waals surface area contributed by atoms with Crippen LogP contribution in [0.1, 0.15) is 46.1 Å². The standard InChI is InChI=1S/C22H20ClN3O3/c23-16-4-1-3-14(9-16)12-26-19-6-2-5-18(17(19)11-24-26)25-22(27)15-7-8-20-21(10-15)29-13-28-20/h1,3-4,7-11,18H,2,5-6,12-13H2,(H,25,27). The number of halogens is 1. The first-order chi connectivity index (χ1) is 14.2. The Morgan fingerprint density at radius 2 is 2.10 bits per heavy atom. The highest BCUT2D eigenvalue weighted by Gasteiger charge is 2.26. The summed E-state index contributed by atoms with van der Waals surface area (Å²) in [5, 5.41) is 8.46. The van der Waals surface area contributed by atoms with Crippen LogP contribution < -0.4 is 14.8 Å². The number of carbonyl (C=O) groups excluding carboxylic acids is 1. The summed E-state index contributed by atoms with van der Waals surface area (Å²) in [6.45, 7) is 0.858. The monoisotopic (exact) mass is 409 g/mol. The van der Waals surface area contributed by atoms with Gasteiger partial charge in [0, 0.05) is 21.8 Å². The largest absolute Gasteiger partial charge is 0.454 e. The van der Waals surface area contributed by atoms with Crippen molar-refractivity contribution >= 4 is 17.5 Å². The molecule has 0 saturated heterocycles. The van der Waals surface area contributed by atoms with Gasteiger partial charge in [-0.3, -0.25) is 9.48 Å². The molecule has 6 nitrogen and oxygen atoms in total. The number of amides is 1. The summed E-state index contributed by atoms with van der Waals surface area (Å²) in [4.78, 5) is 12.8. The fraction of sp³-hybridized carbons (Fsp3) is 0.273. The first kappa shape index (κ1) is 18.1. The van der Waals surface area contributed by atoms with Gasteiger partial charge in [0.05, 0.1) is 18.8 Å². The normalized spacial score (nSPS) is 17.1. The third-order valence-electron chi connectivity index (χ3n) is 5.42. The molecule has 1 aromatic heterocycles. The molecule has 0 bridgehead atoms. The summed E-state index contributed by atoms with van der Waals surface area (Å²) in [6, 6.07) is 13.0. The van der Waals surface area contributed by atoms with Gasteiger partial charge in [-0.1, -0.05) is 23.7 Å². The summed E-state index contributed by atoms with van der Waals surface area (Å²) < 4.78 is 12.7. The Balaban J connectivity index is 1.34. The predicted octanol–water partition coefficient (Wildman–Crippen LogP) is 4.12. The van der Waals surface area contributed by atoms with E-state index in [0.29, 0.717) is 23.6 Å². The van der Waals surface area contributed by atoms with E-state index < -0.39 is 0 Å². The third kappa shape index (κ3) is 3.56. The van der Waals surface area contributed by atoms with E-state index in [1.807, 2.05) is 35.1 Å². The lowest BCUT2D eigenvalue weighted by Gasteiger charge is -2.24. The zero-order valence-electron chi connectivity index (χ0n) is 15.7. The van der Waals surface area contributed by atoms with E-state index in [0.717, 1.165) is 35.4 Å². The minimum Gasteiger partial charge on any atom is -0.454 e. The molecule has 2 aromatic carbocycles. The van der Waals surface area contributed by atoms with Crippen molar-refractivity contribution in [3.8, 4) is 11.5 Å². The number of fused-ring (bicyclic) bond motifs is 2. The smallest absolute Gasteiger partial charge is 0.251 e. The lowest BCUT2D eigenvalue weighted by molar-refractivity contribution is 0.0932. The van der Waals surface area contributed by atoms with Gasteiger partial charge in [-0.15, -0.1) is 0 Å². The fourth-order valence-electron chi connectivity index (χ4n) is 3.99. The summed E-state index contributed by atoms with van der Waals surface area (Å²) >= 11 is 6.11. The van der Waals surface area contributed by atoms with Gasteiger partial charge < -0.3 is 14.8 Å². The predicted molar refractivity (Wildman–Crippen MR) is 108 cm³/mol. The van der Waals surface area contributed by atoms with Crippen molar-refractivity contribution in [2.24, 2.45) is 0 Å². The first-order valence-electron chi connectivity index (χ1n) is 9.67. The topological polar surface area (TPSA) is 65.4 Å². The molecule has 1 unspecified atom stereocenters. The summed E-state index contributed by atoms with van der Waals surface area (Å²) in [5.74, 6) is 1.16. The van der Waals surface area contributed by atoms with Crippen LogP contribution in [-0.2, 0) is 13.0 Å². The molecular formula is C22H20ClN3O3. The number of hydrogen-bond donors (Lipinski definition) is 1. The van der Waals surface area contributed by atoms with E-state index >= 15 is 0 Å². The number of hydrogen-bond acceptors (Lipinski definition) is 4. The van der Waals surface area contributed by atoms with Crippen molar-refractivity contribution in [3.63, 3.8) is 0 Å². The molecule has 0 radical (unpaired) electrons. The molecule has 0 spiro atoms. The zero-order valence-corrected chi connectivity index (χ0v) is 16.5. The molecule has 148 valence electrons. The van der Waals surface area contributed by atoms with Gasteiger partial charge in [0.25, 0.3) is 5.91 Å². The van der Waals surface area contributed by atoms with Gasteiger partial charge in [-0.2, -0.15) is 5.10 Å². The van der Waals surface area contributed by atoms with Crippen LogP contribution >= 0.6 is 11.6 Å². The van der Waals surface area contributed by atoms with Crippen LogP contribution in [-0.4, -0.2) is 22.5 Å². The van der Waals surface area contributed by atoms with Crippen LogP contribution in [0.4, 0.5) is 0 Å². The first-order valence-corrected chi connectivity index (χ1v) is 10.0. The maximum atomic E-state index is 12.8. The molecule has 0 fully saturated rings. The number of carbonyl (C=O) groups is 1. The molecule has 1 atom stereocenters. The van der Waals surface area contributed by atoms with Crippen molar-refractivity contribution < 1.29 is 14.3 Å². The Labute approximate surface area is 173 Å². The Morgan fingerprint density at radius 1 is 1.21 bits per heavy atom. The van der Waals surface area contributed by atoms with Gasteiger partial charge in [-0.05, 0) is 55.2 Å². The van der Waals surface area contributed by atoms with Gasteiger partial charge in [0.15, 0.2) is 11.5 Å². The molecule has 1 N–H and O–H groups in total. The number of benzene rings is 2. The average molecular weight is 410 g/mol. The van der Waals surface area contributed by atoms with Crippen molar-refractivity contribution in [2.45, 2.75) is 31.8 Å². The molecule has 29 heavy (non-hydrogen) atoms. The fourth-order valence-corrected chi connectivity index (χ4v) is 4.21. The Kier molecular flexibility index (Phi) is 4.64. The average Bonchev–Trinajstić information content (AvgIpc) is 3.35. The van der Waals surface area contributed by atoms with Gasteiger partial charge in [-0.25, -0.2) is 0 Å². The molecular weight excluding hydrogens is 390 g/mol. The summed E-state index contributed by atoms with van der Waals surface area (Å²) in [7, 11) is 0. The molecule has 0 saturated carbocycles. The minimum absolute atomic E-state index is 0.0511. The maximum Gasteiger partial charge on any atom is 0.251 e. The molecule has 1 aliphatic heterocycles. The zero-order chi connectivity index (χ0) is 19.8. The van der Waals surface area contributed by atoms with E-state index in [9.17, 15) is 4.79 Å². The lowest BCUT2D eigenvalue weighted by atomic mass is 9.92. The highest BCUT2D eigenvalue weighted by molar-refractivity contribution is 6.30. The molecule has 5 rings (SSSR count). The van der Waals surface area contributed by atoms with E-state index in [1.165, 1.54) is 5.69 Å². The van der Waals surface area contributed by atoms with Crippen LogP contribution in [0, 0.1) is 0 Å². The lowest BCUT2D eigenvalue weighted by Crippen LogP contribution is -2.31. The second kappa shape index (κ2) is 7.44. The van der Waals surface area contributed by atoms with E-state index in [4.69, 9.17) is 21.1 Å². The minimum atomic E-state index is -0.122. The number of ether oxygens (including phenoxy) is 2. The van der Waals surface area contributed by atoms with E-state index in [1.54, 1.807) is 18.2 Å².